The molecule has 2 aromatic rings. The van der Waals surface area contributed by atoms with E-state index in [2.05, 4.69) is 10.3 Å². The predicted molar refractivity (Wildman–Crippen MR) is 70.2 cm³/mol. The van der Waals surface area contributed by atoms with Crippen molar-refractivity contribution in [3.8, 4) is 0 Å². The zero-order chi connectivity index (χ0) is 15.6. The molecule has 1 aromatic carbocycles. The van der Waals surface area contributed by atoms with Gasteiger partial charge in [-0.05, 0) is 30.7 Å². The topological polar surface area (TPSA) is 79.3 Å². The van der Waals surface area contributed by atoms with Crippen molar-refractivity contribution in [3.63, 3.8) is 0 Å². The smallest absolute Gasteiger partial charge is 0.354 e. The van der Waals surface area contributed by atoms with Crippen LogP contribution >= 0.6 is 0 Å². The first kappa shape index (κ1) is 14.6. The van der Waals surface area contributed by atoms with Gasteiger partial charge in [0.15, 0.2) is 0 Å². The van der Waals surface area contributed by atoms with Crippen LogP contribution in [-0.4, -0.2) is 22.0 Å². The molecule has 1 amide bonds. The fourth-order valence-electron chi connectivity index (χ4n) is 1.65. The van der Waals surface area contributed by atoms with Gasteiger partial charge < -0.3 is 10.4 Å². The van der Waals surface area contributed by atoms with Crippen LogP contribution in [0, 0.1) is 18.6 Å². The number of aromatic nitrogens is 1. The molecular weight excluding hydrogens is 282 g/mol. The highest BCUT2D eigenvalue weighted by Gasteiger charge is 2.19. The number of carboxylic acids is 1. The monoisotopic (exact) mass is 292 g/mol. The molecule has 0 radical (unpaired) electrons. The molecular formula is C14H10F2N2O3. The normalized spacial score (nSPS) is 10.2. The maximum absolute atomic E-state index is 13.8. The van der Waals surface area contributed by atoms with E-state index < -0.39 is 29.1 Å². The summed E-state index contributed by atoms with van der Waals surface area (Å²) < 4.78 is 27.4. The number of pyridine rings is 1. The molecule has 0 bridgehead atoms. The summed E-state index contributed by atoms with van der Waals surface area (Å²) in [5.74, 6) is -4.12. The second-order valence-electron chi connectivity index (χ2n) is 4.24. The average Bonchev–Trinajstić information content (AvgIpc) is 2.44. The molecule has 21 heavy (non-hydrogen) atoms. The molecule has 7 heteroatoms. The van der Waals surface area contributed by atoms with Gasteiger partial charge in [-0.15, -0.1) is 0 Å². The highest BCUT2D eigenvalue weighted by atomic mass is 19.1. The molecule has 0 fully saturated rings. The second-order valence-corrected chi connectivity index (χ2v) is 4.24. The van der Waals surface area contributed by atoms with E-state index in [1.54, 1.807) is 0 Å². The standard InChI is InChI=1S/C14H10F2N2O3/c1-7-2-4-9(15)11(12(7)16)13(19)18-8-3-5-10(14(20)21)17-6-8/h2-6H,1H3,(H,18,19)(H,20,21). The predicted octanol–water partition coefficient (Wildman–Crippen LogP) is 2.62. The number of carbonyl (C=O) groups is 2. The fourth-order valence-corrected chi connectivity index (χ4v) is 1.65. The fraction of sp³-hybridized carbons (Fsp3) is 0.0714. The van der Waals surface area contributed by atoms with Gasteiger partial charge in [0.05, 0.1) is 11.9 Å². The van der Waals surface area contributed by atoms with Gasteiger partial charge in [0.1, 0.15) is 22.9 Å². The number of nitrogens with one attached hydrogen (secondary N) is 1. The van der Waals surface area contributed by atoms with Gasteiger partial charge >= 0.3 is 5.97 Å². The number of anilines is 1. The maximum Gasteiger partial charge on any atom is 0.354 e. The Labute approximate surface area is 118 Å². The molecule has 0 aliphatic heterocycles. The van der Waals surface area contributed by atoms with E-state index >= 15 is 0 Å². The second kappa shape index (κ2) is 5.66. The van der Waals surface area contributed by atoms with Crippen LogP contribution in [0.15, 0.2) is 30.5 Å². The zero-order valence-electron chi connectivity index (χ0n) is 10.9. The van der Waals surface area contributed by atoms with Crippen LogP contribution < -0.4 is 5.32 Å². The number of rotatable bonds is 3. The summed E-state index contributed by atoms with van der Waals surface area (Å²) in [5, 5.41) is 10.9. The third-order valence-corrected chi connectivity index (χ3v) is 2.75. The lowest BCUT2D eigenvalue weighted by molar-refractivity contribution is 0.0690. The molecule has 0 aliphatic carbocycles. The summed E-state index contributed by atoms with van der Waals surface area (Å²) in [6.07, 6.45) is 1.09. The van der Waals surface area contributed by atoms with Crippen LogP contribution in [0.4, 0.5) is 14.5 Å². The summed E-state index contributed by atoms with van der Waals surface area (Å²) in [6.45, 7) is 1.41. The average molecular weight is 292 g/mol. The van der Waals surface area contributed by atoms with Gasteiger partial charge in [-0.3, -0.25) is 4.79 Å². The Morgan fingerprint density at radius 1 is 1.19 bits per heavy atom. The summed E-state index contributed by atoms with van der Waals surface area (Å²) in [6, 6.07) is 4.67. The molecule has 0 saturated heterocycles. The lowest BCUT2D eigenvalue weighted by Crippen LogP contribution is -2.17. The molecule has 0 spiro atoms. The Morgan fingerprint density at radius 2 is 1.90 bits per heavy atom. The van der Waals surface area contributed by atoms with Crippen molar-refractivity contribution in [2.24, 2.45) is 0 Å². The van der Waals surface area contributed by atoms with Gasteiger partial charge in [0.25, 0.3) is 5.91 Å². The number of amides is 1. The van der Waals surface area contributed by atoms with Crippen LogP contribution in [-0.2, 0) is 0 Å². The van der Waals surface area contributed by atoms with Crippen LogP contribution in [0.25, 0.3) is 0 Å². The zero-order valence-corrected chi connectivity index (χ0v) is 10.9. The van der Waals surface area contributed by atoms with Crippen molar-refractivity contribution in [2.75, 3.05) is 5.32 Å². The van der Waals surface area contributed by atoms with Crippen molar-refractivity contribution < 1.29 is 23.5 Å². The number of carboxylic acid groups (broad SMARTS) is 1. The number of aromatic carboxylic acids is 1. The first-order valence-electron chi connectivity index (χ1n) is 5.85. The number of carbonyl (C=O) groups excluding carboxylic acids is 1. The third-order valence-electron chi connectivity index (χ3n) is 2.75. The van der Waals surface area contributed by atoms with Crippen molar-refractivity contribution in [3.05, 3.63) is 58.9 Å². The van der Waals surface area contributed by atoms with Crippen molar-refractivity contribution in [1.29, 1.82) is 0 Å². The van der Waals surface area contributed by atoms with Gasteiger partial charge in [0, 0.05) is 0 Å². The summed E-state index contributed by atoms with van der Waals surface area (Å²) >= 11 is 0. The number of hydrogen-bond acceptors (Lipinski definition) is 3. The molecule has 108 valence electrons. The quantitative estimate of drug-likeness (QED) is 0.911. The van der Waals surface area contributed by atoms with Crippen molar-refractivity contribution in [2.45, 2.75) is 6.92 Å². The number of halogens is 2. The Kier molecular flexibility index (Phi) is 3.93. The minimum atomic E-state index is -1.22. The number of aryl methyl sites for hydroxylation is 1. The van der Waals surface area contributed by atoms with E-state index in [-0.39, 0.29) is 16.9 Å². The molecule has 0 atom stereocenters. The highest BCUT2D eigenvalue weighted by molar-refractivity contribution is 6.04. The summed E-state index contributed by atoms with van der Waals surface area (Å²) in [7, 11) is 0. The Hall–Kier alpha value is -2.83. The summed E-state index contributed by atoms with van der Waals surface area (Å²) in [5.41, 5.74) is -0.635. The largest absolute Gasteiger partial charge is 0.477 e. The molecule has 0 aliphatic rings. The third kappa shape index (κ3) is 3.02. The molecule has 2 rings (SSSR count). The molecule has 5 nitrogen and oxygen atoms in total. The van der Waals surface area contributed by atoms with Crippen LogP contribution in [0.5, 0.6) is 0 Å². The van der Waals surface area contributed by atoms with Crippen molar-refractivity contribution >= 4 is 17.6 Å². The highest BCUT2D eigenvalue weighted by Crippen LogP contribution is 2.18. The maximum atomic E-state index is 13.8. The number of hydrogen-bond donors (Lipinski definition) is 2. The van der Waals surface area contributed by atoms with E-state index in [0.717, 1.165) is 12.3 Å². The van der Waals surface area contributed by atoms with Crippen LogP contribution in [0.3, 0.4) is 0 Å². The first-order valence-corrected chi connectivity index (χ1v) is 5.85. The molecule has 1 heterocycles. The van der Waals surface area contributed by atoms with E-state index in [0.29, 0.717) is 0 Å². The number of nitrogens with zero attached hydrogens (tertiary/aromatic N) is 1. The van der Waals surface area contributed by atoms with Gasteiger partial charge in [-0.1, -0.05) is 6.07 Å². The first-order chi connectivity index (χ1) is 9.90. The molecule has 0 saturated carbocycles. The Bertz CT molecular complexity index is 715. The van der Waals surface area contributed by atoms with E-state index in [1.807, 2.05) is 0 Å². The minimum Gasteiger partial charge on any atom is -0.477 e. The van der Waals surface area contributed by atoms with Gasteiger partial charge in [-0.2, -0.15) is 0 Å². The van der Waals surface area contributed by atoms with Crippen LogP contribution in [0.1, 0.15) is 26.4 Å². The lowest BCUT2D eigenvalue weighted by Gasteiger charge is -2.08. The van der Waals surface area contributed by atoms with E-state index in [4.69, 9.17) is 5.11 Å². The van der Waals surface area contributed by atoms with Crippen LogP contribution in [0.2, 0.25) is 0 Å². The van der Waals surface area contributed by atoms with Crippen molar-refractivity contribution in [1.82, 2.24) is 4.98 Å². The van der Waals surface area contributed by atoms with Gasteiger partial charge in [-0.25, -0.2) is 18.6 Å². The lowest BCUT2D eigenvalue weighted by atomic mass is 10.1. The Balaban J connectivity index is 2.26. The van der Waals surface area contributed by atoms with E-state index in [9.17, 15) is 18.4 Å². The molecule has 0 unspecified atom stereocenters. The molecule has 1 aromatic heterocycles. The SMILES string of the molecule is Cc1ccc(F)c(C(=O)Nc2ccc(C(=O)O)nc2)c1F. The molecule has 2 N–H and O–H groups in total. The van der Waals surface area contributed by atoms with E-state index in [1.165, 1.54) is 25.1 Å². The minimum absolute atomic E-state index is 0.130. The Morgan fingerprint density at radius 3 is 2.48 bits per heavy atom. The summed E-state index contributed by atoms with van der Waals surface area (Å²) in [4.78, 5) is 26.1. The number of benzene rings is 1. The van der Waals surface area contributed by atoms with Gasteiger partial charge in [0.2, 0.25) is 0 Å².